The molecule has 0 aliphatic carbocycles. The molecular formula is C11H11ClN2O. The molecule has 0 amide bonds. The van der Waals surface area contributed by atoms with Gasteiger partial charge in [0, 0.05) is 31.2 Å². The summed E-state index contributed by atoms with van der Waals surface area (Å²) in [6, 6.07) is 1.82. The molecule has 78 valence electrons. The number of rotatable bonds is 2. The molecule has 2 aromatic heterocycles. The van der Waals surface area contributed by atoms with Crippen LogP contribution in [0.5, 0.6) is 0 Å². The van der Waals surface area contributed by atoms with Gasteiger partial charge < -0.3 is 4.57 Å². The van der Waals surface area contributed by atoms with Crippen LogP contribution in [-0.4, -0.2) is 15.3 Å². The van der Waals surface area contributed by atoms with E-state index in [1.165, 1.54) is 0 Å². The van der Waals surface area contributed by atoms with Gasteiger partial charge >= 0.3 is 0 Å². The second-order valence-corrected chi connectivity index (χ2v) is 3.83. The summed E-state index contributed by atoms with van der Waals surface area (Å²) in [5.41, 5.74) is 1.32. The number of nitrogens with zero attached hydrogens (tertiary/aromatic N) is 2. The molecule has 15 heavy (non-hydrogen) atoms. The number of hydrogen-bond donors (Lipinski definition) is 0. The molecule has 0 atom stereocenters. The fourth-order valence-electron chi connectivity index (χ4n) is 1.68. The zero-order valence-electron chi connectivity index (χ0n) is 8.62. The molecule has 0 bridgehead atoms. The third-order valence-electron chi connectivity index (χ3n) is 2.43. The number of pyridine rings is 1. The minimum atomic E-state index is 0.0402. The number of Topliss-reactive ketones (excluding diaryl/α,β-unsaturated/α-hetero) is 1. The van der Waals surface area contributed by atoms with Crippen LogP contribution in [-0.2, 0) is 7.05 Å². The van der Waals surface area contributed by atoms with E-state index >= 15 is 0 Å². The van der Waals surface area contributed by atoms with Crippen molar-refractivity contribution in [2.45, 2.75) is 13.3 Å². The summed E-state index contributed by atoms with van der Waals surface area (Å²) in [5, 5.41) is 1.53. The maximum atomic E-state index is 11.7. The van der Waals surface area contributed by atoms with Gasteiger partial charge in [0.1, 0.15) is 5.69 Å². The molecule has 0 aromatic carbocycles. The van der Waals surface area contributed by atoms with Crippen molar-refractivity contribution in [3.05, 3.63) is 29.2 Å². The average Bonchev–Trinajstić information content (AvgIpc) is 2.54. The Labute approximate surface area is 92.7 Å². The standard InChI is InChI=1S/C11H11ClN2O/c1-3-9(15)10-11-7(4-5-13-10)8(12)6-14(11)2/h4-6H,3H2,1-2H3. The highest BCUT2D eigenvalue weighted by molar-refractivity contribution is 6.36. The number of fused-ring (bicyclic) bond motifs is 1. The predicted octanol–water partition coefficient (Wildman–Crippen LogP) is 2.82. The molecule has 0 N–H and O–H groups in total. The molecule has 0 unspecified atom stereocenters. The van der Waals surface area contributed by atoms with E-state index in [1.807, 2.05) is 24.6 Å². The molecule has 0 radical (unpaired) electrons. The summed E-state index contributed by atoms with van der Waals surface area (Å²) >= 11 is 6.04. The quantitative estimate of drug-likeness (QED) is 0.733. The van der Waals surface area contributed by atoms with Crippen LogP contribution in [0.2, 0.25) is 5.02 Å². The number of carbonyl (C=O) groups is 1. The normalized spacial score (nSPS) is 10.9. The van der Waals surface area contributed by atoms with E-state index in [4.69, 9.17) is 11.6 Å². The van der Waals surface area contributed by atoms with Crippen LogP contribution < -0.4 is 0 Å². The molecule has 0 saturated carbocycles. The number of aryl methyl sites for hydroxylation is 1. The van der Waals surface area contributed by atoms with Crippen LogP contribution in [0.25, 0.3) is 10.9 Å². The van der Waals surface area contributed by atoms with Crippen molar-refractivity contribution in [2.75, 3.05) is 0 Å². The summed E-state index contributed by atoms with van der Waals surface area (Å²) in [4.78, 5) is 15.8. The summed E-state index contributed by atoms with van der Waals surface area (Å²) in [5.74, 6) is 0.0402. The predicted molar refractivity (Wildman–Crippen MR) is 60.3 cm³/mol. The zero-order valence-corrected chi connectivity index (χ0v) is 9.38. The van der Waals surface area contributed by atoms with Crippen molar-refractivity contribution < 1.29 is 4.79 Å². The number of halogens is 1. The van der Waals surface area contributed by atoms with Crippen LogP contribution in [0.1, 0.15) is 23.8 Å². The minimum Gasteiger partial charge on any atom is -0.347 e. The van der Waals surface area contributed by atoms with E-state index in [1.54, 1.807) is 12.4 Å². The highest BCUT2D eigenvalue weighted by Gasteiger charge is 2.14. The monoisotopic (exact) mass is 222 g/mol. The topological polar surface area (TPSA) is 34.9 Å². The van der Waals surface area contributed by atoms with Crippen molar-refractivity contribution in [2.24, 2.45) is 7.05 Å². The average molecular weight is 223 g/mol. The second kappa shape index (κ2) is 3.66. The van der Waals surface area contributed by atoms with Gasteiger partial charge in [0.25, 0.3) is 0 Å². The summed E-state index contributed by atoms with van der Waals surface area (Å²) in [6.07, 6.45) is 3.87. The van der Waals surface area contributed by atoms with Crippen molar-refractivity contribution >= 4 is 28.3 Å². The lowest BCUT2D eigenvalue weighted by Gasteiger charge is -2.02. The van der Waals surface area contributed by atoms with Gasteiger partial charge in [-0.05, 0) is 6.07 Å². The summed E-state index contributed by atoms with van der Waals surface area (Å²) in [6.45, 7) is 1.83. The van der Waals surface area contributed by atoms with Crippen LogP contribution in [0.3, 0.4) is 0 Å². The lowest BCUT2D eigenvalue weighted by Crippen LogP contribution is -2.03. The third kappa shape index (κ3) is 1.53. The SMILES string of the molecule is CCC(=O)c1nccc2c(Cl)cn(C)c12. The Bertz CT molecular complexity index is 531. The van der Waals surface area contributed by atoms with E-state index in [0.717, 1.165) is 10.9 Å². The number of aromatic nitrogens is 2. The molecule has 4 heteroatoms. The first kappa shape index (κ1) is 10.2. The molecule has 2 aromatic rings. The number of hydrogen-bond acceptors (Lipinski definition) is 2. The van der Waals surface area contributed by atoms with Crippen LogP contribution in [0, 0.1) is 0 Å². The summed E-state index contributed by atoms with van der Waals surface area (Å²) < 4.78 is 1.84. The number of ketones is 1. The largest absolute Gasteiger partial charge is 0.347 e. The molecule has 0 aliphatic heterocycles. The minimum absolute atomic E-state index is 0.0402. The van der Waals surface area contributed by atoms with Crippen molar-refractivity contribution in [1.29, 1.82) is 0 Å². The van der Waals surface area contributed by atoms with Crippen molar-refractivity contribution in [3.63, 3.8) is 0 Å². The second-order valence-electron chi connectivity index (χ2n) is 3.42. The molecule has 3 nitrogen and oxygen atoms in total. The highest BCUT2D eigenvalue weighted by atomic mass is 35.5. The Morgan fingerprint density at radius 2 is 2.33 bits per heavy atom. The van der Waals surface area contributed by atoms with Gasteiger partial charge in [-0.15, -0.1) is 0 Å². The highest BCUT2D eigenvalue weighted by Crippen LogP contribution is 2.26. The van der Waals surface area contributed by atoms with Gasteiger partial charge in [0.2, 0.25) is 0 Å². The van der Waals surface area contributed by atoms with Gasteiger partial charge in [0.05, 0.1) is 10.5 Å². The first-order valence-corrected chi connectivity index (χ1v) is 5.15. The Balaban J connectivity index is 2.80. The maximum absolute atomic E-state index is 11.7. The first-order valence-electron chi connectivity index (χ1n) is 4.78. The molecule has 2 heterocycles. The van der Waals surface area contributed by atoms with Gasteiger partial charge in [-0.3, -0.25) is 9.78 Å². The van der Waals surface area contributed by atoms with Crippen molar-refractivity contribution in [1.82, 2.24) is 9.55 Å². The Morgan fingerprint density at radius 1 is 1.60 bits per heavy atom. The van der Waals surface area contributed by atoms with Crippen LogP contribution >= 0.6 is 11.6 Å². The van der Waals surface area contributed by atoms with Crippen LogP contribution in [0.15, 0.2) is 18.5 Å². The molecule has 0 fully saturated rings. The zero-order chi connectivity index (χ0) is 11.0. The lowest BCUT2D eigenvalue weighted by atomic mass is 10.1. The smallest absolute Gasteiger partial charge is 0.183 e. The van der Waals surface area contributed by atoms with Crippen molar-refractivity contribution in [3.8, 4) is 0 Å². The van der Waals surface area contributed by atoms with E-state index < -0.39 is 0 Å². The molecular weight excluding hydrogens is 212 g/mol. The molecule has 0 saturated heterocycles. The fraction of sp³-hybridized carbons (Fsp3) is 0.273. The lowest BCUT2D eigenvalue weighted by molar-refractivity contribution is 0.0985. The Morgan fingerprint density at radius 3 is 3.00 bits per heavy atom. The van der Waals surface area contributed by atoms with Gasteiger partial charge in [-0.2, -0.15) is 0 Å². The van der Waals surface area contributed by atoms with Gasteiger partial charge in [-0.25, -0.2) is 0 Å². The first-order chi connectivity index (χ1) is 7.15. The maximum Gasteiger partial charge on any atom is 0.183 e. The van der Waals surface area contributed by atoms with E-state index in [2.05, 4.69) is 4.98 Å². The van der Waals surface area contributed by atoms with E-state index in [-0.39, 0.29) is 5.78 Å². The Kier molecular flexibility index (Phi) is 2.49. The van der Waals surface area contributed by atoms with E-state index in [9.17, 15) is 4.79 Å². The van der Waals surface area contributed by atoms with Gasteiger partial charge in [0.15, 0.2) is 5.78 Å². The molecule has 2 rings (SSSR count). The summed E-state index contributed by atoms with van der Waals surface area (Å²) in [7, 11) is 1.86. The third-order valence-corrected chi connectivity index (χ3v) is 2.73. The fourth-order valence-corrected chi connectivity index (χ4v) is 1.98. The Hall–Kier alpha value is -1.35. The number of carbonyl (C=O) groups excluding carboxylic acids is 1. The van der Waals surface area contributed by atoms with Crippen LogP contribution in [0.4, 0.5) is 0 Å². The van der Waals surface area contributed by atoms with Gasteiger partial charge in [-0.1, -0.05) is 18.5 Å². The van der Waals surface area contributed by atoms with E-state index in [0.29, 0.717) is 17.1 Å². The molecule has 0 aliphatic rings. The molecule has 0 spiro atoms.